The van der Waals surface area contributed by atoms with Gasteiger partial charge < -0.3 is 19.1 Å². The van der Waals surface area contributed by atoms with Gasteiger partial charge in [-0.3, -0.25) is 9.59 Å². The van der Waals surface area contributed by atoms with Crippen molar-refractivity contribution in [3.8, 4) is 0 Å². The lowest BCUT2D eigenvalue weighted by molar-refractivity contribution is 0.0789. The predicted octanol–water partition coefficient (Wildman–Crippen LogP) is 5.48. The van der Waals surface area contributed by atoms with Crippen LogP contribution >= 0.6 is 11.3 Å². The van der Waals surface area contributed by atoms with Crippen LogP contribution < -0.4 is 5.32 Å². The molecule has 1 N–H and O–H groups in total. The summed E-state index contributed by atoms with van der Waals surface area (Å²) in [6.07, 6.45) is 2.20. The molecule has 2 amide bonds. The van der Waals surface area contributed by atoms with Crippen molar-refractivity contribution in [2.75, 3.05) is 12.4 Å². The Morgan fingerprint density at radius 2 is 1.97 bits per heavy atom. The van der Waals surface area contributed by atoms with E-state index >= 15 is 0 Å². The molecule has 6 nitrogen and oxygen atoms in total. The highest BCUT2D eigenvalue weighted by Crippen LogP contribution is 2.31. The molecule has 0 aliphatic rings. The Labute approximate surface area is 178 Å². The van der Waals surface area contributed by atoms with Gasteiger partial charge in [-0.15, -0.1) is 11.3 Å². The molecule has 154 valence electrons. The maximum absolute atomic E-state index is 13.1. The van der Waals surface area contributed by atoms with Gasteiger partial charge >= 0.3 is 0 Å². The van der Waals surface area contributed by atoms with Crippen LogP contribution in [0.4, 0.5) is 5.00 Å². The maximum Gasteiger partial charge on any atom is 0.291 e. The number of benzene rings is 1. The van der Waals surface area contributed by atoms with Gasteiger partial charge in [0.15, 0.2) is 5.76 Å². The number of nitrogens with zero attached hydrogens (tertiary/aromatic N) is 1. The number of anilines is 1. The molecule has 0 unspecified atom stereocenters. The standard InChI is InChI=1S/C23H22N2O4S/c1-4-17-16(15-8-5-6-9-18(15)29-17)13-25(3)23(27)21-14(2)12-20(30-21)24-22(26)19-10-7-11-28-19/h5-12H,4,13H2,1-3H3,(H,24,26). The second kappa shape index (κ2) is 8.20. The summed E-state index contributed by atoms with van der Waals surface area (Å²) in [5, 5.41) is 4.42. The number of para-hydroxylation sites is 1. The molecule has 1 aromatic carbocycles. The number of fused-ring (bicyclic) bond motifs is 1. The highest BCUT2D eigenvalue weighted by atomic mass is 32.1. The fourth-order valence-corrected chi connectivity index (χ4v) is 4.49. The summed E-state index contributed by atoms with van der Waals surface area (Å²) in [6.45, 7) is 4.36. The molecule has 0 bridgehead atoms. The minimum Gasteiger partial charge on any atom is -0.461 e. The van der Waals surface area contributed by atoms with Crippen LogP contribution in [0, 0.1) is 6.92 Å². The van der Waals surface area contributed by atoms with Crippen molar-refractivity contribution >= 4 is 39.1 Å². The molecule has 0 fully saturated rings. The zero-order valence-corrected chi connectivity index (χ0v) is 17.8. The lowest BCUT2D eigenvalue weighted by Crippen LogP contribution is -2.26. The molecular weight excluding hydrogens is 400 g/mol. The summed E-state index contributed by atoms with van der Waals surface area (Å²) in [6, 6.07) is 12.9. The molecule has 3 heterocycles. The van der Waals surface area contributed by atoms with Gasteiger partial charge in [-0.2, -0.15) is 0 Å². The second-order valence-electron chi connectivity index (χ2n) is 7.07. The number of furan rings is 2. The first kappa shape index (κ1) is 20.0. The number of carbonyl (C=O) groups is 2. The first-order chi connectivity index (χ1) is 14.5. The SMILES string of the molecule is CCc1oc2ccccc2c1CN(C)C(=O)c1sc(NC(=O)c2ccco2)cc1C. The molecule has 0 saturated heterocycles. The lowest BCUT2D eigenvalue weighted by atomic mass is 10.1. The van der Waals surface area contributed by atoms with Crippen molar-refractivity contribution in [3.05, 3.63) is 76.3 Å². The highest BCUT2D eigenvalue weighted by molar-refractivity contribution is 7.18. The van der Waals surface area contributed by atoms with Crippen LogP contribution in [0.25, 0.3) is 11.0 Å². The molecule has 0 spiro atoms. The van der Waals surface area contributed by atoms with Gasteiger partial charge in [0.05, 0.1) is 16.1 Å². The number of hydrogen-bond donors (Lipinski definition) is 1. The fraction of sp³-hybridized carbons (Fsp3) is 0.217. The van der Waals surface area contributed by atoms with E-state index in [0.717, 1.165) is 34.3 Å². The van der Waals surface area contributed by atoms with Crippen LogP contribution in [0.5, 0.6) is 0 Å². The number of carbonyl (C=O) groups excluding carboxylic acids is 2. The van der Waals surface area contributed by atoms with Gasteiger partial charge in [0.2, 0.25) is 0 Å². The van der Waals surface area contributed by atoms with Crippen molar-refractivity contribution in [2.24, 2.45) is 0 Å². The highest BCUT2D eigenvalue weighted by Gasteiger charge is 2.22. The summed E-state index contributed by atoms with van der Waals surface area (Å²) < 4.78 is 11.1. The number of thiophene rings is 1. The second-order valence-corrected chi connectivity index (χ2v) is 8.12. The van der Waals surface area contributed by atoms with Gasteiger partial charge in [-0.05, 0) is 36.8 Å². The number of nitrogens with one attached hydrogen (secondary N) is 1. The van der Waals surface area contributed by atoms with E-state index in [1.54, 1.807) is 30.1 Å². The summed E-state index contributed by atoms with van der Waals surface area (Å²) >= 11 is 1.26. The Morgan fingerprint density at radius 1 is 1.17 bits per heavy atom. The number of amides is 2. The fourth-order valence-electron chi connectivity index (χ4n) is 3.43. The number of hydrogen-bond acceptors (Lipinski definition) is 5. The normalized spacial score (nSPS) is 11.0. The molecule has 0 radical (unpaired) electrons. The van der Waals surface area contributed by atoms with Crippen LogP contribution in [0.1, 0.15) is 44.0 Å². The molecule has 3 aromatic heterocycles. The summed E-state index contributed by atoms with van der Waals surface area (Å²) in [4.78, 5) is 27.6. The largest absolute Gasteiger partial charge is 0.461 e. The summed E-state index contributed by atoms with van der Waals surface area (Å²) in [7, 11) is 1.78. The number of aryl methyl sites for hydroxylation is 2. The molecule has 4 aromatic rings. The van der Waals surface area contributed by atoms with Crippen molar-refractivity contribution in [1.29, 1.82) is 0 Å². The molecule has 4 rings (SSSR count). The summed E-state index contributed by atoms with van der Waals surface area (Å²) in [5.74, 6) is 0.685. The minimum atomic E-state index is -0.342. The van der Waals surface area contributed by atoms with Gasteiger partial charge in [-0.1, -0.05) is 25.1 Å². The Balaban J connectivity index is 1.54. The lowest BCUT2D eigenvalue weighted by Gasteiger charge is -2.17. The van der Waals surface area contributed by atoms with Gasteiger partial charge in [0.1, 0.15) is 11.3 Å². The number of rotatable bonds is 6. The van der Waals surface area contributed by atoms with Crippen molar-refractivity contribution in [2.45, 2.75) is 26.8 Å². The van der Waals surface area contributed by atoms with Crippen molar-refractivity contribution in [1.82, 2.24) is 4.90 Å². The molecule has 30 heavy (non-hydrogen) atoms. The molecule has 0 aliphatic carbocycles. The molecule has 0 aliphatic heterocycles. The summed E-state index contributed by atoms with van der Waals surface area (Å²) in [5.41, 5.74) is 2.68. The van der Waals surface area contributed by atoms with Crippen LogP contribution in [0.3, 0.4) is 0 Å². The zero-order valence-electron chi connectivity index (χ0n) is 17.0. The van der Waals surface area contributed by atoms with E-state index in [9.17, 15) is 9.59 Å². The minimum absolute atomic E-state index is 0.0941. The van der Waals surface area contributed by atoms with E-state index in [0.29, 0.717) is 16.4 Å². The quantitative estimate of drug-likeness (QED) is 0.446. The van der Waals surface area contributed by atoms with Crippen molar-refractivity contribution in [3.63, 3.8) is 0 Å². The van der Waals surface area contributed by atoms with Gasteiger partial charge in [-0.25, -0.2) is 0 Å². The van der Waals surface area contributed by atoms with Crippen LogP contribution in [-0.4, -0.2) is 23.8 Å². The first-order valence-corrected chi connectivity index (χ1v) is 10.5. The molecular formula is C23H22N2O4S. The Hall–Kier alpha value is -3.32. The average Bonchev–Trinajstić information content (AvgIpc) is 3.47. The smallest absolute Gasteiger partial charge is 0.291 e. The third kappa shape index (κ3) is 3.76. The van der Waals surface area contributed by atoms with Crippen LogP contribution in [0.15, 0.2) is 57.6 Å². The van der Waals surface area contributed by atoms with Crippen molar-refractivity contribution < 1.29 is 18.4 Å². The molecule has 0 atom stereocenters. The van der Waals surface area contributed by atoms with E-state index < -0.39 is 0 Å². The van der Waals surface area contributed by atoms with E-state index in [1.165, 1.54) is 17.6 Å². The van der Waals surface area contributed by atoms with Crippen LogP contribution in [0.2, 0.25) is 0 Å². The van der Waals surface area contributed by atoms with Gasteiger partial charge in [0.25, 0.3) is 11.8 Å². The Morgan fingerprint density at radius 3 is 2.70 bits per heavy atom. The monoisotopic (exact) mass is 422 g/mol. The van der Waals surface area contributed by atoms with E-state index in [4.69, 9.17) is 8.83 Å². The average molecular weight is 423 g/mol. The third-order valence-electron chi connectivity index (χ3n) is 4.94. The zero-order chi connectivity index (χ0) is 21.3. The van der Waals surface area contributed by atoms with Gasteiger partial charge in [0, 0.05) is 31.0 Å². The van der Waals surface area contributed by atoms with E-state index in [-0.39, 0.29) is 17.6 Å². The van der Waals surface area contributed by atoms with Crippen LogP contribution in [-0.2, 0) is 13.0 Å². The maximum atomic E-state index is 13.1. The van der Waals surface area contributed by atoms with E-state index in [2.05, 4.69) is 5.32 Å². The molecule has 0 saturated carbocycles. The van der Waals surface area contributed by atoms with E-state index in [1.807, 2.05) is 38.1 Å². The third-order valence-corrected chi connectivity index (χ3v) is 6.08. The topological polar surface area (TPSA) is 75.7 Å². The first-order valence-electron chi connectivity index (χ1n) is 9.68. The Kier molecular flexibility index (Phi) is 5.46. The Bertz CT molecular complexity index is 1200. The molecule has 7 heteroatoms. The predicted molar refractivity (Wildman–Crippen MR) is 117 cm³/mol.